The first-order valence-corrected chi connectivity index (χ1v) is 7.29. The van der Waals surface area contributed by atoms with E-state index < -0.39 is 0 Å². The van der Waals surface area contributed by atoms with Crippen LogP contribution in [-0.4, -0.2) is 0 Å². The maximum Gasteiger partial charge on any atom is -0.0125 e. The van der Waals surface area contributed by atoms with Crippen molar-refractivity contribution in [3.63, 3.8) is 0 Å². The predicted molar refractivity (Wildman–Crippen MR) is 84.7 cm³/mol. The molecule has 0 aliphatic heterocycles. The van der Waals surface area contributed by atoms with E-state index in [9.17, 15) is 0 Å². The molecule has 0 fully saturated rings. The molecule has 0 heteroatoms. The molecule has 0 atom stereocenters. The van der Waals surface area contributed by atoms with E-state index >= 15 is 0 Å². The van der Waals surface area contributed by atoms with Gasteiger partial charge in [-0.2, -0.15) is 0 Å². The molecule has 0 spiro atoms. The van der Waals surface area contributed by atoms with Crippen LogP contribution in [0.4, 0.5) is 0 Å². The van der Waals surface area contributed by atoms with Crippen LogP contribution in [0.5, 0.6) is 0 Å². The normalized spacial score (nSPS) is 10.7. The second-order valence-electron chi connectivity index (χ2n) is 5.57. The molecule has 2 rings (SSSR count). The van der Waals surface area contributed by atoms with E-state index in [1.807, 2.05) is 0 Å². The van der Waals surface area contributed by atoms with E-state index in [-0.39, 0.29) is 0 Å². The van der Waals surface area contributed by atoms with Gasteiger partial charge < -0.3 is 0 Å². The minimum atomic E-state index is 1.20. The monoisotopic (exact) mass is 252 g/mol. The summed E-state index contributed by atoms with van der Waals surface area (Å²) in [5.74, 6) is 0. The Bertz CT molecular complexity index is 524. The molecular weight excluding hydrogens is 228 g/mol. The maximum atomic E-state index is 2.28. The minimum Gasteiger partial charge on any atom is -0.0654 e. The van der Waals surface area contributed by atoms with Crippen LogP contribution in [0.1, 0.15) is 42.0 Å². The smallest absolute Gasteiger partial charge is 0.0125 e. The molecule has 0 radical (unpaired) electrons. The Hall–Kier alpha value is -1.56. The van der Waals surface area contributed by atoms with E-state index in [2.05, 4.69) is 64.1 Å². The van der Waals surface area contributed by atoms with Gasteiger partial charge in [0, 0.05) is 0 Å². The molecule has 2 aromatic rings. The second kappa shape index (κ2) is 6.06. The lowest BCUT2D eigenvalue weighted by molar-refractivity contribution is 0.795. The molecule has 0 heterocycles. The summed E-state index contributed by atoms with van der Waals surface area (Å²) >= 11 is 0. The Morgan fingerprint density at radius 3 is 1.95 bits per heavy atom. The molecule has 19 heavy (non-hydrogen) atoms. The van der Waals surface area contributed by atoms with Crippen LogP contribution in [0.15, 0.2) is 36.4 Å². The van der Waals surface area contributed by atoms with Gasteiger partial charge in [0.1, 0.15) is 0 Å². The minimum absolute atomic E-state index is 1.20. The van der Waals surface area contributed by atoms with Gasteiger partial charge in [0.25, 0.3) is 0 Å². The molecule has 0 aliphatic carbocycles. The van der Waals surface area contributed by atoms with Crippen LogP contribution in [0.3, 0.4) is 0 Å². The molecule has 0 saturated heterocycles. The third-order valence-electron chi connectivity index (χ3n) is 3.74. The number of aryl methyl sites for hydroxylation is 4. The van der Waals surface area contributed by atoms with Crippen molar-refractivity contribution in [1.29, 1.82) is 0 Å². The van der Waals surface area contributed by atoms with Gasteiger partial charge in [0.2, 0.25) is 0 Å². The molecule has 0 aliphatic rings. The molecule has 0 aromatic heterocycles. The fourth-order valence-corrected chi connectivity index (χ4v) is 2.85. The third kappa shape index (κ3) is 3.26. The molecule has 0 saturated carbocycles. The number of benzene rings is 2. The molecule has 100 valence electrons. The van der Waals surface area contributed by atoms with Gasteiger partial charge in [-0.1, -0.05) is 55.3 Å². The lowest BCUT2D eigenvalue weighted by Gasteiger charge is -2.12. The highest BCUT2D eigenvalue weighted by molar-refractivity contribution is 5.71. The van der Waals surface area contributed by atoms with E-state index in [1.54, 1.807) is 0 Å². The summed E-state index contributed by atoms with van der Waals surface area (Å²) in [5.41, 5.74) is 8.28. The fraction of sp³-hybridized carbons (Fsp3) is 0.368. The summed E-state index contributed by atoms with van der Waals surface area (Å²) in [7, 11) is 0. The summed E-state index contributed by atoms with van der Waals surface area (Å²) in [6.45, 7) is 8.83. The number of rotatable bonds is 4. The van der Waals surface area contributed by atoms with Gasteiger partial charge in [0.05, 0.1) is 0 Å². The summed E-state index contributed by atoms with van der Waals surface area (Å²) in [5, 5.41) is 0. The zero-order valence-corrected chi connectivity index (χ0v) is 12.6. The number of unbranched alkanes of at least 4 members (excludes halogenated alkanes) is 1. The zero-order chi connectivity index (χ0) is 13.8. The first-order valence-electron chi connectivity index (χ1n) is 7.29. The molecule has 0 N–H and O–H groups in total. The summed E-state index contributed by atoms with van der Waals surface area (Å²) < 4.78 is 0. The van der Waals surface area contributed by atoms with Gasteiger partial charge in [-0.3, -0.25) is 0 Å². The Kier molecular flexibility index (Phi) is 4.42. The molecule has 0 bridgehead atoms. The van der Waals surface area contributed by atoms with E-state index in [1.165, 1.54) is 52.6 Å². The SMILES string of the molecule is CCCCc1ccc(-c2c(C)cc(C)cc2C)cc1. The lowest BCUT2D eigenvalue weighted by Crippen LogP contribution is -1.91. The zero-order valence-electron chi connectivity index (χ0n) is 12.6. The molecule has 0 amide bonds. The summed E-state index contributed by atoms with van der Waals surface area (Å²) in [6, 6.07) is 13.7. The van der Waals surface area contributed by atoms with Crippen molar-refractivity contribution in [3.05, 3.63) is 58.7 Å². The fourth-order valence-electron chi connectivity index (χ4n) is 2.85. The highest BCUT2D eigenvalue weighted by atomic mass is 14.1. The van der Waals surface area contributed by atoms with Gasteiger partial charge in [-0.25, -0.2) is 0 Å². The van der Waals surface area contributed by atoms with Crippen molar-refractivity contribution < 1.29 is 0 Å². The van der Waals surface area contributed by atoms with E-state index in [0.717, 1.165) is 0 Å². The highest BCUT2D eigenvalue weighted by Gasteiger charge is 2.06. The standard InChI is InChI=1S/C19H24/c1-5-6-7-17-8-10-18(11-9-17)19-15(3)12-14(2)13-16(19)4/h8-13H,5-7H2,1-4H3. The Morgan fingerprint density at radius 2 is 1.42 bits per heavy atom. The van der Waals surface area contributed by atoms with Gasteiger partial charge in [0.15, 0.2) is 0 Å². The van der Waals surface area contributed by atoms with Crippen molar-refractivity contribution in [2.24, 2.45) is 0 Å². The van der Waals surface area contributed by atoms with Crippen molar-refractivity contribution in [2.45, 2.75) is 47.0 Å². The average Bonchev–Trinajstić information content (AvgIpc) is 2.36. The average molecular weight is 252 g/mol. The van der Waals surface area contributed by atoms with Crippen molar-refractivity contribution >= 4 is 0 Å². The maximum absolute atomic E-state index is 2.28. The Labute approximate surface area is 117 Å². The number of hydrogen-bond donors (Lipinski definition) is 0. The van der Waals surface area contributed by atoms with Crippen molar-refractivity contribution in [3.8, 4) is 11.1 Å². The molecule has 0 nitrogen and oxygen atoms in total. The van der Waals surface area contributed by atoms with Crippen LogP contribution >= 0.6 is 0 Å². The number of hydrogen-bond acceptors (Lipinski definition) is 0. The summed E-state index contributed by atoms with van der Waals surface area (Å²) in [6.07, 6.45) is 3.74. The topological polar surface area (TPSA) is 0 Å². The van der Waals surface area contributed by atoms with Crippen molar-refractivity contribution in [1.82, 2.24) is 0 Å². The Balaban J connectivity index is 2.32. The summed E-state index contributed by atoms with van der Waals surface area (Å²) in [4.78, 5) is 0. The highest BCUT2D eigenvalue weighted by Crippen LogP contribution is 2.28. The van der Waals surface area contributed by atoms with Crippen LogP contribution in [0.25, 0.3) is 11.1 Å². The van der Waals surface area contributed by atoms with Gasteiger partial charge >= 0.3 is 0 Å². The van der Waals surface area contributed by atoms with E-state index in [4.69, 9.17) is 0 Å². The van der Waals surface area contributed by atoms with E-state index in [0.29, 0.717) is 0 Å². The van der Waals surface area contributed by atoms with Crippen molar-refractivity contribution in [2.75, 3.05) is 0 Å². The lowest BCUT2D eigenvalue weighted by atomic mass is 9.93. The van der Waals surface area contributed by atoms with Crippen LogP contribution in [0.2, 0.25) is 0 Å². The van der Waals surface area contributed by atoms with Gasteiger partial charge in [-0.05, 0) is 61.4 Å². The largest absolute Gasteiger partial charge is 0.0654 e. The van der Waals surface area contributed by atoms with Crippen LogP contribution in [-0.2, 0) is 6.42 Å². The first kappa shape index (κ1) is 13.9. The van der Waals surface area contributed by atoms with Crippen LogP contribution < -0.4 is 0 Å². The van der Waals surface area contributed by atoms with Gasteiger partial charge in [-0.15, -0.1) is 0 Å². The first-order chi connectivity index (χ1) is 9.11. The predicted octanol–water partition coefficient (Wildman–Crippen LogP) is 5.62. The quantitative estimate of drug-likeness (QED) is 0.662. The molecular formula is C19H24. The second-order valence-corrected chi connectivity index (χ2v) is 5.57. The third-order valence-corrected chi connectivity index (χ3v) is 3.74. The molecule has 0 unspecified atom stereocenters. The Morgan fingerprint density at radius 1 is 0.842 bits per heavy atom. The van der Waals surface area contributed by atoms with Crippen LogP contribution in [0, 0.1) is 20.8 Å². The molecule has 2 aromatic carbocycles.